The van der Waals surface area contributed by atoms with E-state index >= 15 is 0 Å². The summed E-state index contributed by atoms with van der Waals surface area (Å²) in [5, 5.41) is 0. The molecule has 0 saturated heterocycles. The molecule has 0 spiro atoms. The Morgan fingerprint density at radius 1 is 1.60 bits per heavy atom. The number of hydrogen-bond acceptors (Lipinski definition) is 3. The SMILES string of the molecule is C=C(C)CN(CC)c1ccc(C=O)cn1. The Morgan fingerprint density at radius 2 is 2.33 bits per heavy atom. The summed E-state index contributed by atoms with van der Waals surface area (Å²) in [6, 6.07) is 3.63. The molecule has 0 unspecified atom stereocenters. The molecule has 3 heteroatoms. The van der Waals surface area contributed by atoms with Crippen molar-refractivity contribution < 1.29 is 4.79 Å². The van der Waals surface area contributed by atoms with E-state index in [0.717, 1.165) is 30.8 Å². The van der Waals surface area contributed by atoms with Gasteiger partial charge in [0.05, 0.1) is 0 Å². The van der Waals surface area contributed by atoms with Gasteiger partial charge in [0.1, 0.15) is 5.82 Å². The summed E-state index contributed by atoms with van der Waals surface area (Å²) in [7, 11) is 0. The fourth-order valence-corrected chi connectivity index (χ4v) is 1.33. The lowest BCUT2D eigenvalue weighted by Gasteiger charge is -2.21. The van der Waals surface area contributed by atoms with E-state index < -0.39 is 0 Å². The molecule has 80 valence electrons. The topological polar surface area (TPSA) is 33.2 Å². The molecule has 0 aromatic carbocycles. The molecule has 0 fully saturated rings. The van der Waals surface area contributed by atoms with Gasteiger partial charge in [-0.2, -0.15) is 0 Å². The lowest BCUT2D eigenvalue weighted by molar-refractivity contribution is 0.112. The van der Waals surface area contributed by atoms with Crippen LogP contribution in [-0.2, 0) is 0 Å². The molecular weight excluding hydrogens is 188 g/mol. The van der Waals surface area contributed by atoms with Crippen molar-refractivity contribution in [1.29, 1.82) is 0 Å². The third kappa shape index (κ3) is 3.20. The fraction of sp³-hybridized carbons (Fsp3) is 0.333. The lowest BCUT2D eigenvalue weighted by Crippen LogP contribution is -2.25. The second-order valence-electron chi connectivity index (χ2n) is 3.54. The van der Waals surface area contributed by atoms with E-state index in [0.29, 0.717) is 5.56 Å². The number of rotatable bonds is 5. The Morgan fingerprint density at radius 3 is 2.73 bits per heavy atom. The van der Waals surface area contributed by atoms with E-state index in [1.165, 1.54) is 0 Å². The van der Waals surface area contributed by atoms with Crippen molar-refractivity contribution in [1.82, 2.24) is 4.98 Å². The molecule has 0 radical (unpaired) electrons. The van der Waals surface area contributed by atoms with Gasteiger partial charge in [-0.25, -0.2) is 4.98 Å². The Labute approximate surface area is 90.4 Å². The van der Waals surface area contributed by atoms with Gasteiger partial charge in [-0.05, 0) is 26.0 Å². The quantitative estimate of drug-likeness (QED) is 0.545. The van der Waals surface area contributed by atoms with Crippen LogP contribution >= 0.6 is 0 Å². The first kappa shape index (κ1) is 11.4. The van der Waals surface area contributed by atoms with E-state index in [4.69, 9.17) is 0 Å². The largest absolute Gasteiger partial charge is 0.353 e. The van der Waals surface area contributed by atoms with Gasteiger partial charge in [-0.3, -0.25) is 4.79 Å². The third-order valence-corrected chi connectivity index (χ3v) is 2.07. The molecule has 1 aromatic heterocycles. The Kier molecular flexibility index (Phi) is 4.03. The summed E-state index contributed by atoms with van der Waals surface area (Å²) in [4.78, 5) is 16.8. The molecule has 0 N–H and O–H groups in total. The van der Waals surface area contributed by atoms with Crippen molar-refractivity contribution in [2.45, 2.75) is 13.8 Å². The van der Waals surface area contributed by atoms with Crippen molar-refractivity contribution >= 4 is 12.1 Å². The smallest absolute Gasteiger partial charge is 0.151 e. The second kappa shape index (κ2) is 5.29. The molecule has 1 aromatic rings. The van der Waals surface area contributed by atoms with Gasteiger partial charge < -0.3 is 4.90 Å². The molecule has 0 aliphatic carbocycles. The number of likely N-dealkylation sites (N-methyl/N-ethyl adjacent to an activating group) is 1. The third-order valence-electron chi connectivity index (χ3n) is 2.07. The van der Waals surface area contributed by atoms with Crippen LogP contribution in [-0.4, -0.2) is 24.4 Å². The number of aldehydes is 1. The molecule has 0 saturated carbocycles. The van der Waals surface area contributed by atoms with Gasteiger partial charge in [-0.1, -0.05) is 12.2 Å². The number of carbonyl (C=O) groups is 1. The summed E-state index contributed by atoms with van der Waals surface area (Å²) in [6.07, 6.45) is 2.38. The fourth-order valence-electron chi connectivity index (χ4n) is 1.33. The van der Waals surface area contributed by atoms with E-state index in [9.17, 15) is 4.79 Å². The van der Waals surface area contributed by atoms with Gasteiger partial charge in [0.25, 0.3) is 0 Å². The second-order valence-corrected chi connectivity index (χ2v) is 3.54. The zero-order chi connectivity index (χ0) is 11.3. The molecule has 0 amide bonds. The highest BCUT2D eigenvalue weighted by Crippen LogP contribution is 2.11. The van der Waals surface area contributed by atoms with Crippen molar-refractivity contribution in [2.75, 3.05) is 18.0 Å². The number of pyridine rings is 1. The predicted octanol–water partition coefficient (Wildman–Crippen LogP) is 2.30. The van der Waals surface area contributed by atoms with E-state index in [2.05, 4.69) is 23.4 Å². The molecule has 15 heavy (non-hydrogen) atoms. The Bertz CT molecular complexity index is 343. The highest BCUT2D eigenvalue weighted by molar-refractivity contribution is 5.74. The minimum Gasteiger partial charge on any atom is -0.353 e. The van der Waals surface area contributed by atoms with Crippen molar-refractivity contribution in [3.8, 4) is 0 Å². The number of nitrogens with zero attached hydrogens (tertiary/aromatic N) is 2. The van der Waals surface area contributed by atoms with Crippen LogP contribution in [0.25, 0.3) is 0 Å². The molecule has 0 atom stereocenters. The number of aromatic nitrogens is 1. The minimum atomic E-state index is 0.602. The maximum absolute atomic E-state index is 10.5. The summed E-state index contributed by atoms with van der Waals surface area (Å²) >= 11 is 0. The van der Waals surface area contributed by atoms with Crippen LogP contribution < -0.4 is 4.90 Å². The van der Waals surface area contributed by atoms with Crippen molar-refractivity contribution in [2.24, 2.45) is 0 Å². The van der Waals surface area contributed by atoms with E-state index in [1.54, 1.807) is 12.3 Å². The van der Waals surface area contributed by atoms with Crippen molar-refractivity contribution in [3.63, 3.8) is 0 Å². The highest BCUT2D eigenvalue weighted by atomic mass is 16.1. The van der Waals surface area contributed by atoms with Gasteiger partial charge in [0, 0.05) is 24.8 Å². The first-order valence-electron chi connectivity index (χ1n) is 4.98. The lowest BCUT2D eigenvalue weighted by atomic mass is 10.3. The molecule has 0 bridgehead atoms. The zero-order valence-electron chi connectivity index (χ0n) is 9.23. The maximum Gasteiger partial charge on any atom is 0.151 e. The van der Waals surface area contributed by atoms with Crippen LogP contribution in [0, 0.1) is 0 Å². The standard InChI is InChI=1S/C12H16N2O/c1-4-14(8-10(2)3)12-6-5-11(9-15)7-13-12/h5-7,9H,2,4,8H2,1,3H3. The van der Waals surface area contributed by atoms with Crippen molar-refractivity contribution in [3.05, 3.63) is 36.0 Å². The monoisotopic (exact) mass is 204 g/mol. The molecule has 0 aliphatic heterocycles. The van der Waals surface area contributed by atoms with E-state index in [1.807, 2.05) is 13.0 Å². The normalized spacial score (nSPS) is 9.73. The van der Waals surface area contributed by atoms with Crippen LogP contribution in [0.5, 0.6) is 0 Å². The summed E-state index contributed by atoms with van der Waals surface area (Å²) in [5.74, 6) is 0.881. The zero-order valence-corrected chi connectivity index (χ0v) is 9.23. The Balaban J connectivity index is 2.82. The van der Waals surface area contributed by atoms with Crippen LogP contribution in [0.3, 0.4) is 0 Å². The first-order chi connectivity index (χ1) is 7.17. The molecular formula is C12H16N2O. The first-order valence-corrected chi connectivity index (χ1v) is 4.98. The predicted molar refractivity (Wildman–Crippen MR) is 62.3 cm³/mol. The van der Waals surface area contributed by atoms with Gasteiger partial charge in [0.2, 0.25) is 0 Å². The number of carbonyl (C=O) groups excluding carboxylic acids is 1. The Hall–Kier alpha value is -1.64. The van der Waals surface area contributed by atoms with Crippen LogP contribution in [0.1, 0.15) is 24.2 Å². The maximum atomic E-state index is 10.5. The van der Waals surface area contributed by atoms with Crippen LogP contribution in [0.2, 0.25) is 0 Å². The molecule has 3 nitrogen and oxygen atoms in total. The number of anilines is 1. The summed E-state index contributed by atoms with van der Waals surface area (Å²) in [6.45, 7) is 9.60. The van der Waals surface area contributed by atoms with Gasteiger partial charge in [-0.15, -0.1) is 0 Å². The highest BCUT2D eigenvalue weighted by Gasteiger charge is 2.04. The molecule has 1 heterocycles. The summed E-state index contributed by atoms with van der Waals surface area (Å²) in [5.41, 5.74) is 1.70. The van der Waals surface area contributed by atoms with Gasteiger partial charge >= 0.3 is 0 Å². The average molecular weight is 204 g/mol. The average Bonchev–Trinajstić information content (AvgIpc) is 2.26. The van der Waals surface area contributed by atoms with Crippen LogP contribution in [0.4, 0.5) is 5.82 Å². The molecule has 1 rings (SSSR count). The van der Waals surface area contributed by atoms with Gasteiger partial charge in [0.15, 0.2) is 6.29 Å². The van der Waals surface area contributed by atoms with E-state index in [-0.39, 0.29) is 0 Å². The summed E-state index contributed by atoms with van der Waals surface area (Å²) < 4.78 is 0. The van der Waals surface area contributed by atoms with Crippen LogP contribution in [0.15, 0.2) is 30.5 Å². The minimum absolute atomic E-state index is 0.602. The molecule has 0 aliphatic rings. The number of hydrogen-bond donors (Lipinski definition) is 0.